The van der Waals surface area contributed by atoms with Crippen LogP contribution in [0.15, 0.2) is 83.0 Å². The molecule has 0 spiro atoms. The van der Waals surface area contributed by atoms with Crippen molar-refractivity contribution in [2.75, 3.05) is 25.1 Å². The smallest absolute Gasteiger partial charge is 0.132 e. The van der Waals surface area contributed by atoms with Crippen molar-refractivity contribution in [1.29, 1.82) is 0 Å². The fourth-order valence-electron chi connectivity index (χ4n) is 2.94. The van der Waals surface area contributed by atoms with Crippen LogP contribution in [0, 0.1) is 5.82 Å². The summed E-state index contributed by atoms with van der Waals surface area (Å²) >= 11 is 1.71. The molecule has 2 aromatic carbocycles. The number of hydrogen-bond donors (Lipinski definition) is 2. The Labute approximate surface area is 167 Å². The van der Waals surface area contributed by atoms with Crippen LogP contribution in [-0.2, 0) is 4.74 Å². The predicted molar refractivity (Wildman–Crippen MR) is 113 cm³/mol. The summed E-state index contributed by atoms with van der Waals surface area (Å²) in [4.78, 5) is 1.22. The maximum Gasteiger partial charge on any atom is 0.132 e. The first-order chi connectivity index (χ1) is 13.8. The van der Waals surface area contributed by atoms with Crippen molar-refractivity contribution in [2.24, 2.45) is 5.10 Å². The third kappa shape index (κ3) is 4.47. The van der Waals surface area contributed by atoms with E-state index in [1.54, 1.807) is 23.5 Å². The first-order valence-electron chi connectivity index (χ1n) is 9.02. The number of rotatable bonds is 7. The lowest BCUT2D eigenvalue weighted by molar-refractivity contribution is 0.258. The van der Waals surface area contributed by atoms with Crippen molar-refractivity contribution >= 4 is 28.3 Å². The van der Waals surface area contributed by atoms with E-state index in [-0.39, 0.29) is 5.82 Å². The molecular formula is C22H20FN3OS. The van der Waals surface area contributed by atoms with Gasteiger partial charge in [0.05, 0.1) is 12.2 Å². The van der Waals surface area contributed by atoms with Crippen LogP contribution in [0.25, 0.3) is 5.57 Å². The van der Waals surface area contributed by atoms with Crippen LogP contribution in [0.5, 0.6) is 0 Å². The van der Waals surface area contributed by atoms with E-state index in [1.807, 2.05) is 36.4 Å². The lowest BCUT2D eigenvalue weighted by atomic mass is 10.1. The molecule has 0 saturated heterocycles. The molecule has 0 atom stereocenters. The van der Waals surface area contributed by atoms with Crippen molar-refractivity contribution in [1.82, 2.24) is 5.32 Å². The molecule has 4 rings (SSSR count). The van der Waals surface area contributed by atoms with E-state index >= 15 is 0 Å². The van der Waals surface area contributed by atoms with Crippen LogP contribution in [0.1, 0.15) is 10.4 Å². The van der Waals surface area contributed by atoms with Gasteiger partial charge >= 0.3 is 0 Å². The Morgan fingerprint density at radius 1 is 1.04 bits per heavy atom. The van der Waals surface area contributed by atoms with Gasteiger partial charge in [0.15, 0.2) is 0 Å². The fourth-order valence-corrected chi connectivity index (χ4v) is 3.73. The van der Waals surface area contributed by atoms with E-state index in [0.29, 0.717) is 13.2 Å². The zero-order valence-electron chi connectivity index (χ0n) is 15.2. The molecule has 4 nitrogen and oxygen atoms in total. The molecule has 0 fully saturated rings. The Hall–Kier alpha value is -2.96. The standard InChI is InChI=1S/C22H20FN3OS/c23-17-8-10-18(11-9-17)25-26-20(16-5-2-1-3-6-16)15-27-21-14-24-13-19(21)22-7-4-12-28-22/h1-12,24-25H,13-15H2. The second-order valence-corrected chi connectivity index (χ2v) is 7.26. The molecule has 28 heavy (non-hydrogen) atoms. The average molecular weight is 393 g/mol. The van der Waals surface area contributed by atoms with Crippen molar-refractivity contribution in [2.45, 2.75) is 0 Å². The van der Waals surface area contributed by atoms with Crippen LogP contribution in [0.4, 0.5) is 10.1 Å². The molecule has 6 heteroatoms. The minimum Gasteiger partial charge on any atom is -0.490 e. The number of anilines is 1. The molecule has 0 saturated carbocycles. The Bertz CT molecular complexity index is 967. The SMILES string of the molecule is Fc1ccc(NN=C(COC2=C(c3cccs3)CNC2)c2ccccc2)cc1. The molecule has 3 aromatic rings. The summed E-state index contributed by atoms with van der Waals surface area (Å²) in [6, 6.07) is 20.2. The third-order valence-corrected chi connectivity index (χ3v) is 5.33. The van der Waals surface area contributed by atoms with Gasteiger partial charge in [-0.15, -0.1) is 11.3 Å². The maximum atomic E-state index is 13.1. The molecule has 0 radical (unpaired) electrons. The number of thiophene rings is 1. The third-order valence-electron chi connectivity index (χ3n) is 4.40. The molecule has 0 aliphatic carbocycles. The number of hydrazone groups is 1. The molecule has 1 aliphatic heterocycles. The van der Waals surface area contributed by atoms with Gasteiger partial charge in [-0.2, -0.15) is 5.10 Å². The highest BCUT2D eigenvalue weighted by Gasteiger charge is 2.18. The minimum atomic E-state index is -0.275. The van der Waals surface area contributed by atoms with Crippen molar-refractivity contribution in [3.63, 3.8) is 0 Å². The normalized spacial score (nSPS) is 14.4. The van der Waals surface area contributed by atoms with Gasteiger partial charge in [0.2, 0.25) is 0 Å². The average Bonchev–Trinajstić information content (AvgIpc) is 3.41. The molecule has 0 amide bonds. The molecule has 142 valence electrons. The van der Waals surface area contributed by atoms with E-state index in [2.05, 4.69) is 27.3 Å². The van der Waals surface area contributed by atoms with Crippen LogP contribution in [0.3, 0.4) is 0 Å². The zero-order chi connectivity index (χ0) is 19.2. The van der Waals surface area contributed by atoms with Gasteiger partial charge in [-0.3, -0.25) is 5.43 Å². The summed E-state index contributed by atoms with van der Waals surface area (Å²) in [6.07, 6.45) is 0. The molecule has 1 aliphatic rings. The molecular weight excluding hydrogens is 373 g/mol. The number of hydrogen-bond acceptors (Lipinski definition) is 5. The van der Waals surface area contributed by atoms with E-state index in [9.17, 15) is 4.39 Å². The van der Waals surface area contributed by atoms with Gasteiger partial charge in [0.1, 0.15) is 23.9 Å². The highest BCUT2D eigenvalue weighted by Crippen LogP contribution is 2.26. The molecule has 0 unspecified atom stereocenters. The lowest BCUT2D eigenvalue weighted by Gasteiger charge is -2.12. The Balaban J connectivity index is 1.53. The Morgan fingerprint density at radius 2 is 1.86 bits per heavy atom. The highest BCUT2D eigenvalue weighted by molar-refractivity contribution is 7.11. The Kier molecular flexibility index (Phi) is 5.80. The zero-order valence-corrected chi connectivity index (χ0v) is 16.0. The van der Waals surface area contributed by atoms with E-state index < -0.39 is 0 Å². The summed E-state index contributed by atoms with van der Waals surface area (Å²) < 4.78 is 19.3. The Morgan fingerprint density at radius 3 is 2.61 bits per heavy atom. The maximum absolute atomic E-state index is 13.1. The number of nitrogens with zero attached hydrogens (tertiary/aromatic N) is 1. The highest BCUT2D eigenvalue weighted by atomic mass is 32.1. The van der Waals surface area contributed by atoms with Crippen molar-refractivity contribution in [3.8, 4) is 0 Å². The molecule has 2 N–H and O–H groups in total. The predicted octanol–water partition coefficient (Wildman–Crippen LogP) is 4.73. The first kappa shape index (κ1) is 18.4. The number of benzene rings is 2. The number of nitrogens with one attached hydrogen (secondary N) is 2. The van der Waals surface area contributed by atoms with Crippen molar-refractivity contribution in [3.05, 3.63) is 94.1 Å². The molecule has 1 aromatic heterocycles. The van der Waals surface area contributed by atoms with E-state index in [0.717, 1.165) is 29.3 Å². The van der Waals surface area contributed by atoms with Gasteiger partial charge in [0.25, 0.3) is 0 Å². The summed E-state index contributed by atoms with van der Waals surface area (Å²) in [6.45, 7) is 1.85. The van der Waals surface area contributed by atoms with E-state index in [1.165, 1.54) is 22.6 Å². The monoisotopic (exact) mass is 393 g/mol. The fraction of sp³-hybridized carbons (Fsp3) is 0.136. The number of ether oxygens (including phenoxy) is 1. The van der Waals surface area contributed by atoms with Crippen LogP contribution in [0.2, 0.25) is 0 Å². The van der Waals surface area contributed by atoms with Gasteiger partial charge in [-0.1, -0.05) is 36.4 Å². The van der Waals surface area contributed by atoms with Crippen LogP contribution < -0.4 is 10.7 Å². The van der Waals surface area contributed by atoms with Gasteiger partial charge in [-0.05, 0) is 35.7 Å². The second kappa shape index (κ2) is 8.82. The summed E-state index contributed by atoms with van der Waals surface area (Å²) in [5.41, 5.74) is 6.66. The summed E-state index contributed by atoms with van der Waals surface area (Å²) in [5, 5.41) is 9.95. The van der Waals surface area contributed by atoms with E-state index in [4.69, 9.17) is 4.74 Å². The van der Waals surface area contributed by atoms with Gasteiger partial charge in [-0.25, -0.2) is 4.39 Å². The quantitative estimate of drug-likeness (QED) is 0.450. The summed E-state index contributed by atoms with van der Waals surface area (Å²) in [7, 11) is 0. The van der Waals surface area contributed by atoms with Crippen LogP contribution >= 0.6 is 11.3 Å². The van der Waals surface area contributed by atoms with Gasteiger partial charge in [0, 0.05) is 22.6 Å². The molecule has 2 heterocycles. The lowest BCUT2D eigenvalue weighted by Crippen LogP contribution is -2.15. The molecule has 0 bridgehead atoms. The summed E-state index contributed by atoms with van der Waals surface area (Å²) in [5.74, 6) is 0.677. The van der Waals surface area contributed by atoms with Crippen LogP contribution in [-0.4, -0.2) is 25.4 Å². The van der Waals surface area contributed by atoms with Crippen molar-refractivity contribution < 1.29 is 9.13 Å². The largest absolute Gasteiger partial charge is 0.490 e. The van der Waals surface area contributed by atoms with Gasteiger partial charge < -0.3 is 10.1 Å². The number of halogens is 1. The topological polar surface area (TPSA) is 45.7 Å². The minimum absolute atomic E-state index is 0.275. The first-order valence-corrected chi connectivity index (χ1v) is 9.90. The second-order valence-electron chi connectivity index (χ2n) is 6.31.